The van der Waals surface area contributed by atoms with Gasteiger partial charge >= 0.3 is 0 Å². The van der Waals surface area contributed by atoms with Gasteiger partial charge in [0, 0.05) is 31.8 Å². The van der Waals surface area contributed by atoms with Gasteiger partial charge in [-0.3, -0.25) is 0 Å². The molecule has 0 aliphatic carbocycles. The van der Waals surface area contributed by atoms with Crippen LogP contribution in [0.3, 0.4) is 0 Å². The molecule has 2 heterocycles. The van der Waals surface area contributed by atoms with Gasteiger partial charge in [0.25, 0.3) is 0 Å². The molecule has 3 nitrogen and oxygen atoms in total. The smallest absolute Gasteiger partial charge is 0.114 e. The normalized spacial score (nSPS) is 11.5. The lowest BCUT2D eigenvalue weighted by Crippen LogP contribution is -1.92. The van der Waals surface area contributed by atoms with E-state index in [1.54, 1.807) is 0 Å². The summed E-state index contributed by atoms with van der Waals surface area (Å²) in [5, 5.41) is 3.31. The summed E-state index contributed by atoms with van der Waals surface area (Å²) in [6, 6.07) is 29.2. The van der Waals surface area contributed by atoms with E-state index in [1.165, 1.54) is 11.7 Å². The maximum Gasteiger partial charge on any atom is 0.114 e. The number of benzene rings is 4. The van der Waals surface area contributed by atoms with Crippen LogP contribution in [-0.4, -0.2) is 13.7 Å². The Balaban J connectivity index is 1.82. The molecule has 0 atom stereocenters. The molecule has 0 N–H and O–H groups in total. The third-order valence-corrected chi connectivity index (χ3v) is 6.46. The van der Waals surface area contributed by atoms with E-state index in [9.17, 15) is 0 Å². The van der Waals surface area contributed by atoms with Gasteiger partial charge < -0.3 is 0 Å². The number of para-hydroxylation sites is 1. The maximum absolute atomic E-state index is 5.07. The predicted molar refractivity (Wildman–Crippen MR) is 129 cm³/mol. The average molecular weight is 468 g/mol. The van der Waals surface area contributed by atoms with Crippen LogP contribution in [0.15, 0.2) is 89.4 Å². The molecule has 6 aromatic rings. The van der Waals surface area contributed by atoms with E-state index >= 15 is 0 Å². The Morgan fingerprint density at radius 3 is 2.23 bits per heavy atom. The molecule has 6 rings (SSSR count). The van der Waals surface area contributed by atoms with E-state index in [2.05, 4.69) is 93.1 Å². The first-order chi connectivity index (χ1) is 14.8. The zero-order valence-electron chi connectivity index (χ0n) is 15.7. The van der Waals surface area contributed by atoms with Crippen LogP contribution < -0.4 is 0 Å². The molecular formula is C25H14BrN3S. The van der Waals surface area contributed by atoms with Crippen LogP contribution in [0.1, 0.15) is 0 Å². The number of rotatable bonds is 2. The third-order valence-electron chi connectivity index (χ3n) is 5.40. The fourth-order valence-electron chi connectivity index (χ4n) is 4.03. The van der Waals surface area contributed by atoms with E-state index in [0.29, 0.717) is 0 Å². The molecule has 0 aliphatic rings. The molecule has 0 bridgehead atoms. The monoisotopic (exact) mass is 467 g/mol. The van der Waals surface area contributed by atoms with Crippen molar-refractivity contribution < 1.29 is 0 Å². The molecule has 0 spiro atoms. The van der Waals surface area contributed by atoms with E-state index in [-0.39, 0.29) is 0 Å². The van der Waals surface area contributed by atoms with Crippen molar-refractivity contribution in [2.24, 2.45) is 0 Å². The lowest BCUT2D eigenvalue weighted by Gasteiger charge is -2.13. The van der Waals surface area contributed by atoms with Crippen molar-refractivity contribution >= 4 is 60.4 Å². The predicted octanol–water partition coefficient (Wildman–Crippen LogP) is 7.49. The largest absolute Gasteiger partial charge is 0.247 e. The summed E-state index contributed by atoms with van der Waals surface area (Å²) in [7, 11) is 0. The van der Waals surface area contributed by atoms with Crippen molar-refractivity contribution in [2.75, 3.05) is 0 Å². The van der Waals surface area contributed by atoms with Crippen LogP contribution in [0.5, 0.6) is 0 Å². The fourth-order valence-corrected chi connectivity index (χ4v) is 4.86. The van der Waals surface area contributed by atoms with Crippen LogP contribution in [0.2, 0.25) is 0 Å². The zero-order valence-corrected chi connectivity index (χ0v) is 18.1. The highest BCUT2D eigenvalue weighted by molar-refractivity contribution is 9.10. The highest BCUT2D eigenvalue weighted by atomic mass is 79.9. The second-order valence-electron chi connectivity index (χ2n) is 7.16. The van der Waals surface area contributed by atoms with Gasteiger partial charge in [-0.05, 0) is 29.8 Å². The molecule has 30 heavy (non-hydrogen) atoms. The van der Waals surface area contributed by atoms with Crippen molar-refractivity contribution in [1.82, 2.24) is 13.7 Å². The second-order valence-corrected chi connectivity index (χ2v) is 8.60. The molecule has 0 amide bonds. The van der Waals surface area contributed by atoms with E-state index in [0.717, 1.165) is 59.6 Å². The van der Waals surface area contributed by atoms with Crippen molar-refractivity contribution in [1.29, 1.82) is 0 Å². The van der Waals surface area contributed by atoms with Crippen LogP contribution in [-0.2, 0) is 0 Å². The molecule has 4 aromatic carbocycles. The van der Waals surface area contributed by atoms with Crippen LogP contribution in [0.4, 0.5) is 0 Å². The topological polar surface area (TPSA) is 38.7 Å². The first-order valence-electron chi connectivity index (χ1n) is 9.59. The van der Waals surface area contributed by atoms with Gasteiger partial charge in [-0.1, -0.05) is 76.6 Å². The number of halogens is 1. The van der Waals surface area contributed by atoms with Crippen LogP contribution in [0, 0.1) is 0 Å². The molecule has 2 aromatic heterocycles. The number of hydrogen-bond donors (Lipinski definition) is 0. The number of nitrogens with zero attached hydrogens (tertiary/aromatic N) is 3. The van der Waals surface area contributed by atoms with Crippen molar-refractivity contribution in [2.45, 2.75) is 0 Å². The Hall–Kier alpha value is -3.15. The molecule has 0 saturated heterocycles. The SMILES string of the molecule is Brc1ccc(-c2nc3ccccc3c3c2cc(-c2ccccc2)c2nsnc23)cc1. The zero-order chi connectivity index (χ0) is 20.1. The van der Waals surface area contributed by atoms with Crippen molar-refractivity contribution in [3.8, 4) is 22.4 Å². The third kappa shape index (κ3) is 2.74. The Morgan fingerprint density at radius 1 is 0.667 bits per heavy atom. The minimum Gasteiger partial charge on any atom is -0.247 e. The molecule has 142 valence electrons. The minimum atomic E-state index is 0.938. The highest BCUT2D eigenvalue weighted by Gasteiger charge is 2.18. The Morgan fingerprint density at radius 2 is 1.40 bits per heavy atom. The lowest BCUT2D eigenvalue weighted by atomic mass is 9.94. The van der Waals surface area contributed by atoms with Crippen molar-refractivity contribution in [3.05, 3.63) is 89.4 Å². The van der Waals surface area contributed by atoms with Gasteiger partial charge in [0.05, 0.1) is 22.9 Å². The summed E-state index contributed by atoms with van der Waals surface area (Å²) in [5.41, 5.74) is 7.10. The van der Waals surface area contributed by atoms with Crippen molar-refractivity contribution in [3.63, 3.8) is 0 Å². The number of hydrogen-bond acceptors (Lipinski definition) is 4. The molecule has 0 radical (unpaired) electrons. The van der Waals surface area contributed by atoms with Crippen LogP contribution in [0.25, 0.3) is 55.1 Å². The van der Waals surface area contributed by atoms with E-state index in [1.807, 2.05) is 12.1 Å². The van der Waals surface area contributed by atoms with Gasteiger partial charge in [0.2, 0.25) is 0 Å². The summed E-state index contributed by atoms with van der Waals surface area (Å²) in [4.78, 5) is 5.07. The molecule has 0 saturated carbocycles. The van der Waals surface area contributed by atoms with Gasteiger partial charge in [-0.25, -0.2) is 4.98 Å². The van der Waals surface area contributed by atoms with E-state index < -0.39 is 0 Å². The van der Waals surface area contributed by atoms with Crippen LogP contribution >= 0.6 is 27.7 Å². The lowest BCUT2D eigenvalue weighted by molar-refractivity contribution is 1.42. The first-order valence-corrected chi connectivity index (χ1v) is 11.1. The Kier molecular flexibility index (Phi) is 4.11. The summed E-state index contributed by atoms with van der Waals surface area (Å²) in [6.45, 7) is 0. The maximum atomic E-state index is 5.07. The van der Waals surface area contributed by atoms with Gasteiger partial charge in [-0.2, -0.15) is 8.75 Å². The number of pyridine rings is 1. The van der Waals surface area contributed by atoms with E-state index in [4.69, 9.17) is 9.36 Å². The Labute approximate surface area is 185 Å². The molecular weight excluding hydrogens is 454 g/mol. The van der Waals surface area contributed by atoms with Gasteiger partial charge in [-0.15, -0.1) is 0 Å². The summed E-state index contributed by atoms with van der Waals surface area (Å²) < 4.78 is 10.4. The standard InChI is InChI=1S/C25H14BrN3S/c26-17-12-10-16(11-13-17)23-20-14-19(15-6-2-1-3-7-15)24-25(29-30-28-24)22(20)18-8-4-5-9-21(18)27-23/h1-14H. The number of fused-ring (bicyclic) bond motifs is 5. The summed E-state index contributed by atoms with van der Waals surface area (Å²) in [5.74, 6) is 0. The molecule has 0 aliphatic heterocycles. The second kappa shape index (κ2) is 6.97. The minimum absolute atomic E-state index is 0.938. The molecule has 0 fully saturated rings. The first kappa shape index (κ1) is 17.7. The quantitative estimate of drug-likeness (QED) is 0.247. The van der Waals surface area contributed by atoms with Gasteiger partial charge in [0.1, 0.15) is 11.0 Å². The average Bonchev–Trinajstić information content (AvgIpc) is 3.29. The Bertz CT molecular complexity index is 1540. The fraction of sp³-hybridized carbons (Fsp3) is 0. The summed E-state index contributed by atoms with van der Waals surface area (Å²) in [6.07, 6.45) is 0. The molecule has 5 heteroatoms. The highest BCUT2D eigenvalue weighted by Crippen LogP contribution is 2.40. The number of aromatic nitrogens is 3. The summed E-state index contributed by atoms with van der Waals surface area (Å²) >= 11 is 4.80. The molecule has 0 unspecified atom stereocenters. The van der Waals surface area contributed by atoms with Gasteiger partial charge in [0.15, 0.2) is 0 Å².